The molecule has 3 N–H and O–H groups in total. The van der Waals surface area contributed by atoms with Gasteiger partial charge in [-0.25, -0.2) is 4.79 Å². The molecule has 15 heavy (non-hydrogen) atoms. The molecule has 0 fully saturated rings. The van der Waals surface area contributed by atoms with Crippen molar-refractivity contribution >= 4 is 17.9 Å². The lowest BCUT2D eigenvalue weighted by Gasteiger charge is -2.13. The molecular weight excluding hydrogens is 202 g/mol. The fraction of sp³-hybridized carbons (Fsp3) is 0.625. The van der Waals surface area contributed by atoms with E-state index in [4.69, 9.17) is 5.73 Å². The van der Waals surface area contributed by atoms with Gasteiger partial charge in [0.05, 0.1) is 13.7 Å². The molecule has 0 radical (unpaired) electrons. The lowest BCUT2D eigenvalue weighted by atomic mass is 10.3. The summed E-state index contributed by atoms with van der Waals surface area (Å²) in [6.07, 6.45) is 0.0937. The highest BCUT2D eigenvalue weighted by molar-refractivity contribution is 5.93. The first-order valence-corrected chi connectivity index (χ1v) is 4.30. The molecule has 0 aromatic heterocycles. The van der Waals surface area contributed by atoms with E-state index >= 15 is 0 Å². The number of amides is 3. The smallest absolute Gasteiger partial charge is 0.319 e. The molecule has 0 aromatic rings. The first-order valence-electron chi connectivity index (χ1n) is 4.30. The molecule has 86 valence electrons. The Morgan fingerprint density at radius 3 is 2.47 bits per heavy atom. The summed E-state index contributed by atoms with van der Waals surface area (Å²) >= 11 is 0. The monoisotopic (exact) mass is 217 g/mol. The van der Waals surface area contributed by atoms with Crippen molar-refractivity contribution < 1.29 is 19.1 Å². The van der Waals surface area contributed by atoms with E-state index in [1.54, 1.807) is 11.9 Å². The van der Waals surface area contributed by atoms with E-state index in [0.717, 1.165) is 0 Å². The second-order valence-corrected chi connectivity index (χ2v) is 2.98. The summed E-state index contributed by atoms with van der Waals surface area (Å²) in [5.74, 6) is -0.855. The van der Waals surface area contributed by atoms with Gasteiger partial charge >= 0.3 is 12.0 Å². The third kappa shape index (κ3) is 7.44. The summed E-state index contributed by atoms with van der Waals surface area (Å²) in [5, 5.41) is 1.92. The SMILES string of the molecule is COC(=O)CN(C)CCC(=O)NC(N)=O. The number of methoxy groups -OCH3 is 1. The molecule has 7 nitrogen and oxygen atoms in total. The van der Waals surface area contributed by atoms with Crippen LogP contribution in [0.1, 0.15) is 6.42 Å². The van der Waals surface area contributed by atoms with Crippen LogP contribution in [0.25, 0.3) is 0 Å². The summed E-state index contributed by atoms with van der Waals surface area (Å²) in [4.78, 5) is 33.6. The molecule has 0 atom stereocenters. The molecule has 0 saturated carbocycles. The molecule has 0 heterocycles. The van der Waals surface area contributed by atoms with Crippen LogP contribution in [0, 0.1) is 0 Å². The van der Waals surface area contributed by atoms with Crippen LogP contribution in [0.4, 0.5) is 4.79 Å². The minimum Gasteiger partial charge on any atom is -0.468 e. The van der Waals surface area contributed by atoms with Crippen LogP contribution in [0.5, 0.6) is 0 Å². The van der Waals surface area contributed by atoms with Gasteiger partial charge in [-0.2, -0.15) is 0 Å². The summed E-state index contributed by atoms with van der Waals surface area (Å²) in [7, 11) is 2.95. The van der Waals surface area contributed by atoms with Gasteiger partial charge in [0.2, 0.25) is 5.91 Å². The number of primary amides is 1. The minimum atomic E-state index is -0.879. The first kappa shape index (κ1) is 13.4. The molecule has 0 aromatic carbocycles. The quantitative estimate of drug-likeness (QED) is 0.556. The zero-order valence-corrected chi connectivity index (χ0v) is 8.78. The number of rotatable bonds is 5. The van der Waals surface area contributed by atoms with Gasteiger partial charge in [0.25, 0.3) is 0 Å². The lowest BCUT2D eigenvalue weighted by molar-refractivity contribution is -0.141. The standard InChI is InChI=1S/C8H15N3O4/c1-11(5-7(13)15-2)4-3-6(12)10-8(9)14/h3-5H2,1-2H3,(H3,9,10,12,14). The summed E-state index contributed by atoms with van der Waals surface area (Å²) in [6.45, 7) is 0.439. The maximum absolute atomic E-state index is 11.0. The van der Waals surface area contributed by atoms with Gasteiger partial charge < -0.3 is 10.5 Å². The van der Waals surface area contributed by atoms with Crippen molar-refractivity contribution in [3.8, 4) is 0 Å². The molecular formula is C8H15N3O4. The molecule has 0 rings (SSSR count). The molecule has 0 aliphatic rings. The van der Waals surface area contributed by atoms with E-state index in [9.17, 15) is 14.4 Å². The van der Waals surface area contributed by atoms with Crippen molar-refractivity contribution in [1.82, 2.24) is 10.2 Å². The van der Waals surface area contributed by atoms with Gasteiger partial charge in [0, 0.05) is 13.0 Å². The Bertz CT molecular complexity index is 254. The lowest BCUT2D eigenvalue weighted by Crippen LogP contribution is -2.37. The third-order valence-corrected chi connectivity index (χ3v) is 1.61. The fourth-order valence-corrected chi connectivity index (χ4v) is 0.856. The topological polar surface area (TPSA) is 102 Å². The Kier molecular flexibility index (Phi) is 6.03. The normalized spacial score (nSPS) is 9.80. The second-order valence-electron chi connectivity index (χ2n) is 2.98. The largest absolute Gasteiger partial charge is 0.468 e. The summed E-state index contributed by atoms with van der Waals surface area (Å²) < 4.78 is 4.44. The Morgan fingerprint density at radius 1 is 1.40 bits per heavy atom. The highest BCUT2D eigenvalue weighted by Gasteiger charge is 2.09. The average Bonchev–Trinajstić information content (AvgIpc) is 2.13. The third-order valence-electron chi connectivity index (χ3n) is 1.61. The molecule has 0 spiro atoms. The van der Waals surface area contributed by atoms with Crippen molar-refractivity contribution in [2.75, 3.05) is 27.2 Å². The number of hydrogen-bond acceptors (Lipinski definition) is 5. The Morgan fingerprint density at radius 2 is 2.00 bits per heavy atom. The zero-order chi connectivity index (χ0) is 11.8. The minimum absolute atomic E-state index is 0.0937. The Hall–Kier alpha value is -1.63. The summed E-state index contributed by atoms with van der Waals surface area (Å²) in [5.41, 5.74) is 4.74. The molecule has 0 bridgehead atoms. The number of nitrogens with two attached hydrogens (primary N) is 1. The Labute approximate surface area is 87.5 Å². The molecule has 0 unspecified atom stereocenters. The van der Waals surface area contributed by atoms with Gasteiger partial charge in [0.1, 0.15) is 0 Å². The maximum Gasteiger partial charge on any atom is 0.319 e. The van der Waals surface area contributed by atoms with Crippen LogP contribution in [0.2, 0.25) is 0 Å². The average molecular weight is 217 g/mol. The van der Waals surface area contributed by atoms with E-state index in [1.165, 1.54) is 7.11 Å². The van der Waals surface area contributed by atoms with Crippen LogP contribution >= 0.6 is 0 Å². The van der Waals surface area contributed by atoms with E-state index in [-0.39, 0.29) is 18.9 Å². The molecule has 7 heteroatoms. The van der Waals surface area contributed by atoms with Gasteiger partial charge in [-0.15, -0.1) is 0 Å². The van der Waals surface area contributed by atoms with Crippen LogP contribution in [0.3, 0.4) is 0 Å². The van der Waals surface area contributed by atoms with Crippen LogP contribution in [0.15, 0.2) is 0 Å². The number of likely N-dealkylation sites (N-methyl/N-ethyl adjacent to an activating group) is 1. The number of carbonyl (C=O) groups excluding carboxylic acids is 3. The van der Waals surface area contributed by atoms with Crippen molar-refractivity contribution in [2.24, 2.45) is 5.73 Å². The Balaban J connectivity index is 3.70. The molecule has 0 aliphatic heterocycles. The number of carbonyl (C=O) groups is 3. The number of nitrogens with zero attached hydrogens (tertiary/aromatic N) is 1. The predicted molar refractivity (Wildman–Crippen MR) is 51.9 cm³/mol. The number of esters is 1. The fourth-order valence-electron chi connectivity index (χ4n) is 0.856. The van der Waals surface area contributed by atoms with Gasteiger partial charge in [0.15, 0.2) is 0 Å². The molecule has 0 aliphatic carbocycles. The zero-order valence-electron chi connectivity index (χ0n) is 8.78. The van der Waals surface area contributed by atoms with Crippen LogP contribution in [-0.2, 0) is 14.3 Å². The number of imide groups is 1. The van der Waals surface area contributed by atoms with Gasteiger partial charge in [-0.05, 0) is 7.05 Å². The number of hydrogen-bond donors (Lipinski definition) is 2. The highest BCUT2D eigenvalue weighted by Crippen LogP contribution is 1.88. The number of urea groups is 1. The van der Waals surface area contributed by atoms with E-state index < -0.39 is 11.9 Å². The van der Waals surface area contributed by atoms with Crippen LogP contribution < -0.4 is 11.1 Å². The van der Waals surface area contributed by atoms with Gasteiger partial charge in [-0.3, -0.25) is 19.8 Å². The van der Waals surface area contributed by atoms with E-state index in [1.807, 2.05) is 5.32 Å². The number of nitrogens with one attached hydrogen (secondary N) is 1. The van der Waals surface area contributed by atoms with Crippen molar-refractivity contribution in [3.63, 3.8) is 0 Å². The highest BCUT2D eigenvalue weighted by atomic mass is 16.5. The molecule has 3 amide bonds. The number of ether oxygens (including phenoxy) is 1. The van der Waals surface area contributed by atoms with E-state index in [2.05, 4.69) is 4.74 Å². The van der Waals surface area contributed by atoms with Crippen molar-refractivity contribution in [1.29, 1.82) is 0 Å². The van der Waals surface area contributed by atoms with Crippen LogP contribution in [-0.4, -0.2) is 50.1 Å². The van der Waals surface area contributed by atoms with E-state index in [0.29, 0.717) is 6.54 Å². The summed E-state index contributed by atoms with van der Waals surface area (Å²) in [6, 6.07) is -0.879. The second kappa shape index (κ2) is 6.77. The van der Waals surface area contributed by atoms with Crippen molar-refractivity contribution in [2.45, 2.75) is 6.42 Å². The first-order chi connectivity index (χ1) is 6.95. The maximum atomic E-state index is 11.0. The molecule has 0 saturated heterocycles. The van der Waals surface area contributed by atoms with Crippen molar-refractivity contribution in [3.05, 3.63) is 0 Å². The predicted octanol–water partition coefficient (Wildman–Crippen LogP) is -1.32. The van der Waals surface area contributed by atoms with Gasteiger partial charge in [-0.1, -0.05) is 0 Å².